The normalized spacial score (nSPS) is 12.4. The van der Waals surface area contributed by atoms with Gasteiger partial charge in [-0.15, -0.1) is 0 Å². The molecule has 1 unspecified atom stereocenters. The molecule has 0 aliphatic carbocycles. The molecule has 4 nitrogen and oxygen atoms in total. The topological polar surface area (TPSA) is 42.7 Å². The molecule has 2 aromatic carbocycles. The predicted octanol–water partition coefficient (Wildman–Crippen LogP) is 4.72. The Morgan fingerprint density at radius 3 is 2.50 bits per heavy atom. The molecule has 0 saturated heterocycles. The Morgan fingerprint density at radius 1 is 1.00 bits per heavy atom. The Hall–Kier alpha value is -2.59. The summed E-state index contributed by atoms with van der Waals surface area (Å²) < 4.78 is 11.1. The van der Waals surface area contributed by atoms with Gasteiger partial charge in [-0.3, -0.25) is 4.79 Å². The first-order valence-electron chi connectivity index (χ1n) is 10.1. The molecule has 0 aliphatic rings. The van der Waals surface area contributed by atoms with Crippen molar-refractivity contribution in [2.45, 2.75) is 26.7 Å². The van der Waals surface area contributed by atoms with E-state index < -0.39 is 0 Å². The number of hydrogen-bond acceptors (Lipinski definition) is 4. The first-order valence-corrected chi connectivity index (χ1v) is 10.1. The van der Waals surface area contributed by atoms with Crippen LogP contribution in [0.5, 0.6) is 0 Å². The van der Waals surface area contributed by atoms with Crippen LogP contribution in [0, 0.1) is 5.92 Å². The van der Waals surface area contributed by atoms with Gasteiger partial charge in [0, 0.05) is 13.0 Å². The predicted molar refractivity (Wildman–Crippen MR) is 112 cm³/mol. The Balaban J connectivity index is 1.69. The second-order valence-electron chi connectivity index (χ2n) is 7.06. The van der Waals surface area contributed by atoms with E-state index in [1.165, 1.54) is 10.8 Å². The molecule has 0 radical (unpaired) electrons. The molecule has 1 atom stereocenters. The van der Waals surface area contributed by atoms with Crippen molar-refractivity contribution in [1.82, 2.24) is 4.90 Å². The van der Waals surface area contributed by atoms with Crippen molar-refractivity contribution in [3.05, 3.63) is 72.2 Å². The number of rotatable bonds is 10. The molecule has 28 heavy (non-hydrogen) atoms. The maximum absolute atomic E-state index is 12.8. The van der Waals surface area contributed by atoms with E-state index in [4.69, 9.17) is 9.15 Å². The van der Waals surface area contributed by atoms with Crippen molar-refractivity contribution in [2.24, 2.45) is 5.92 Å². The Kier molecular flexibility index (Phi) is 7.26. The molecule has 4 heteroatoms. The van der Waals surface area contributed by atoms with Crippen molar-refractivity contribution >= 4 is 16.7 Å². The third-order valence-corrected chi connectivity index (χ3v) is 5.20. The van der Waals surface area contributed by atoms with E-state index in [9.17, 15) is 4.79 Å². The second kappa shape index (κ2) is 10.1. The van der Waals surface area contributed by atoms with E-state index in [0.29, 0.717) is 19.4 Å². The van der Waals surface area contributed by atoms with Crippen LogP contribution in [0.1, 0.15) is 25.2 Å². The van der Waals surface area contributed by atoms with Crippen molar-refractivity contribution < 1.29 is 13.9 Å². The summed E-state index contributed by atoms with van der Waals surface area (Å²) in [6, 6.07) is 18.4. The SMILES string of the molecule is CCN(CC)CCOC(=O)C(Cc1ccc2ccccc2c1)Cc1ccco1. The molecule has 148 valence electrons. The number of likely N-dealkylation sites (N-methyl/N-ethyl adjacent to an activating group) is 1. The van der Waals surface area contributed by atoms with E-state index in [-0.39, 0.29) is 11.9 Å². The lowest BCUT2D eigenvalue weighted by molar-refractivity contribution is -0.149. The minimum Gasteiger partial charge on any atom is -0.469 e. The highest BCUT2D eigenvalue weighted by atomic mass is 16.5. The van der Waals surface area contributed by atoms with Crippen LogP contribution >= 0.6 is 0 Å². The summed E-state index contributed by atoms with van der Waals surface area (Å²) in [5.41, 5.74) is 1.14. The molecule has 0 bridgehead atoms. The highest BCUT2D eigenvalue weighted by Gasteiger charge is 2.23. The zero-order valence-corrected chi connectivity index (χ0v) is 16.8. The van der Waals surface area contributed by atoms with Gasteiger partial charge in [-0.2, -0.15) is 0 Å². The number of benzene rings is 2. The zero-order chi connectivity index (χ0) is 19.8. The number of carbonyl (C=O) groups excluding carboxylic acids is 1. The van der Waals surface area contributed by atoms with Gasteiger partial charge in [0.1, 0.15) is 12.4 Å². The highest BCUT2D eigenvalue weighted by Crippen LogP contribution is 2.21. The summed E-state index contributed by atoms with van der Waals surface area (Å²) in [6.07, 6.45) is 2.83. The molecule has 0 aliphatic heterocycles. The molecule has 3 rings (SSSR count). The van der Waals surface area contributed by atoms with Crippen molar-refractivity contribution in [3.8, 4) is 0 Å². The number of fused-ring (bicyclic) bond motifs is 1. The van der Waals surface area contributed by atoms with E-state index in [0.717, 1.165) is 31.0 Å². The number of hydrogen-bond donors (Lipinski definition) is 0. The van der Waals surface area contributed by atoms with Gasteiger partial charge in [0.15, 0.2) is 0 Å². The smallest absolute Gasteiger partial charge is 0.309 e. The molecule has 0 fully saturated rings. The fourth-order valence-electron chi connectivity index (χ4n) is 3.49. The summed E-state index contributed by atoms with van der Waals surface area (Å²) in [5.74, 6) is 0.396. The first kappa shape index (κ1) is 20.2. The van der Waals surface area contributed by atoms with Gasteiger partial charge in [-0.1, -0.05) is 56.3 Å². The quantitative estimate of drug-likeness (QED) is 0.478. The average Bonchev–Trinajstić information content (AvgIpc) is 3.23. The lowest BCUT2D eigenvalue weighted by Crippen LogP contribution is -2.30. The van der Waals surface area contributed by atoms with Crippen LogP contribution in [0.3, 0.4) is 0 Å². The molecule has 0 spiro atoms. The molecular formula is C24H29NO3. The fraction of sp³-hybridized carbons (Fsp3) is 0.375. The lowest BCUT2D eigenvalue weighted by Gasteiger charge is -2.20. The monoisotopic (exact) mass is 379 g/mol. The molecule has 0 N–H and O–H groups in total. The molecule has 3 aromatic rings. The third kappa shape index (κ3) is 5.46. The fourth-order valence-corrected chi connectivity index (χ4v) is 3.49. The molecule has 0 saturated carbocycles. The van der Waals surface area contributed by atoms with E-state index in [1.807, 2.05) is 24.3 Å². The van der Waals surface area contributed by atoms with Gasteiger partial charge in [-0.05, 0) is 48.0 Å². The Bertz CT molecular complexity index is 868. The lowest BCUT2D eigenvalue weighted by atomic mass is 9.94. The van der Waals surface area contributed by atoms with E-state index >= 15 is 0 Å². The summed E-state index contributed by atoms with van der Waals surface area (Å²) in [5, 5.41) is 2.39. The number of ether oxygens (including phenoxy) is 1. The van der Waals surface area contributed by atoms with Crippen LogP contribution in [-0.4, -0.2) is 37.1 Å². The van der Waals surface area contributed by atoms with E-state index in [1.54, 1.807) is 6.26 Å². The third-order valence-electron chi connectivity index (χ3n) is 5.20. The van der Waals surface area contributed by atoms with Gasteiger partial charge in [0.2, 0.25) is 0 Å². The van der Waals surface area contributed by atoms with Gasteiger partial charge >= 0.3 is 5.97 Å². The van der Waals surface area contributed by atoms with E-state index in [2.05, 4.69) is 49.1 Å². The van der Waals surface area contributed by atoms with Crippen LogP contribution in [0.15, 0.2) is 65.3 Å². The number of furan rings is 1. The molecule has 1 aromatic heterocycles. The first-order chi connectivity index (χ1) is 13.7. The van der Waals surface area contributed by atoms with Gasteiger partial charge in [0.25, 0.3) is 0 Å². The standard InChI is InChI=1S/C24H29NO3/c1-3-25(4-2)13-15-28-24(26)22(18-23-10-7-14-27-23)17-19-11-12-20-8-5-6-9-21(20)16-19/h5-12,14,16,22H,3-4,13,15,17-18H2,1-2H3. The zero-order valence-electron chi connectivity index (χ0n) is 16.8. The summed E-state index contributed by atoms with van der Waals surface area (Å²) in [6.45, 7) is 7.34. The number of nitrogens with zero attached hydrogens (tertiary/aromatic N) is 1. The summed E-state index contributed by atoms with van der Waals surface area (Å²) >= 11 is 0. The number of carbonyl (C=O) groups is 1. The van der Waals surface area contributed by atoms with Crippen molar-refractivity contribution in [2.75, 3.05) is 26.2 Å². The van der Waals surface area contributed by atoms with Gasteiger partial charge < -0.3 is 14.1 Å². The molecular weight excluding hydrogens is 350 g/mol. The summed E-state index contributed by atoms with van der Waals surface area (Å²) in [4.78, 5) is 15.1. The van der Waals surface area contributed by atoms with Crippen molar-refractivity contribution in [1.29, 1.82) is 0 Å². The van der Waals surface area contributed by atoms with Crippen LogP contribution in [0.4, 0.5) is 0 Å². The van der Waals surface area contributed by atoms with Gasteiger partial charge in [-0.25, -0.2) is 0 Å². The largest absolute Gasteiger partial charge is 0.469 e. The van der Waals surface area contributed by atoms with Gasteiger partial charge in [0.05, 0.1) is 12.2 Å². The Morgan fingerprint density at radius 2 is 1.79 bits per heavy atom. The second-order valence-corrected chi connectivity index (χ2v) is 7.06. The van der Waals surface area contributed by atoms with Crippen LogP contribution in [0.25, 0.3) is 10.8 Å². The van der Waals surface area contributed by atoms with Crippen LogP contribution in [0.2, 0.25) is 0 Å². The molecule has 1 heterocycles. The minimum atomic E-state index is -0.260. The van der Waals surface area contributed by atoms with Crippen LogP contribution < -0.4 is 0 Å². The highest BCUT2D eigenvalue weighted by molar-refractivity contribution is 5.83. The Labute approximate surface area is 167 Å². The maximum atomic E-state index is 12.8. The van der Waals surface area contributed by atoms with Crippen molar-refractivity contribution in [3.63, 3.8) is 0 Å². The summed E-state index contributed by atoms with van der Waals surface area (Å²) in [7, 11) is 0. The maximum Gasteiger partial charge on any atom is 0.309 e. The number of esters is 1. The minimum absolute atomic E-state index is 0.156. The van der Waals surface area contributed by atoms with Crippen LogP contribution in [-0.2, 0) is 22.4 Å². The average molecular weight is 380 g/mol. The molecule has 0 amide bonds.